The summed E-state index contributed by atoms with van der Waals surface area (Å²) in [6.45, 7) is 5.69. The highest BCUT2D eigenvalue weighted by Gasteiger charge is 2.26. The number of aromatic nitrogens is 1. The number of carbonyl (C=O) groups is 2. The van der Waals surface area contributed by atoms with E-state index in [1.54, 1.807) is 12.1 Å². The number of thioether (sulfide) groups is 1. The summed E-state index contributed by atoms with van der Waals surface area (Å²) in [4.78, 5) is 30.7. The second-order valence-electron chi connectivity index (χ2n) is 7.60. The first-order valence-corrected chi connectivity index (χ1v) is 11.2. The summed E-state index contributed by atoms with van der Waals surface area (Å²) in [5.74, 6) is -0.113. The zero-order valence-corrected chi connectivity index (χ0v) is 18.8. The van der Waals surface area contributed by atoms with Crippen LogP contribution in [-0.2, 0) is 16.0 Å². The number of nitrogens with zero attached hydrogens (tertiary/aromatic N) is 1. The number of fused-ring (bicyclic) bond motifs is 1. The average Bonchev–Trinajstić information content (AvgIpc) is 2.67. The second kappa shape index (κ2) is 9.63. The van der Waals surface area contributed by atoms with E-state index in [0.29, 0.717) is 22.7 Å². The Labute approximate surface area is 186 Å². The first-order chi connectivity index (χ1) is 14.3. The van der Waals surface area contributed by atoms with E-state index in [-0.39, 0.29) is 12.2 Å². The molecule has 0 aliphatic carbocycles. The van der Waals surface area contributed by atoms with Gasteiger partial charge in [-0.25, -0.2) is 4.98 Å². The van der Waals surface area contributed by atoms with Crippen LogP contribution in [-0.4, -0.2) is 28.1 Å². The van der Waals surface area contributed by atoms with E-state index >= 15 is 0 Å². The van der Waals surface area contributed by atoms with Gasteiger partial charge in [-0.3, -0.25) is 9.59 Å². The van der Waals surface area contributed by atoms with E-state index in [1.807, 2.05) is 63.2 Å². The van der Waals surface area contributed by atoms with Gasteiger partial charge in [0.2, 0.25) is 0 Å². The van der Waals surface area contributed by atoms with Gasteiger partial charge in [0.05, 0.1) is 5.52 Å². The van der Waals surface area contributed by atoms with Gasteiger partial charge < -0.3 is 4.74 Å². The molecular formula is C24H24ClNO3S. The minimum Gasteiger partial charge on any atom is -0.459 e. The summed E-state index contributed by atoms with van der Waals surface area (Å²) in [5, 5.41) is 1.47. The fourth-order valence-electron chi connectivity index (χ4n) is 3.28. The molecular weight excluding hydrogens is 418 g/mol. The molecule has 4 nitrogen and oxygen atoms in total. The molecule has 0 N–H and O–H groups in total. The highest BCUT2D eigenvalue weighted by molar-refractivity contribution is 7.99. The predicted octanol–water partition coefficient (Wildman–Crippen LogP) is 6.14. The van der Waals surface area contributed by atoms with Crippen LogP contribution in [0.25, 0.3) is 10.9 Å². The third-order valence-electron chi connectivity index (χ3n) is 4.47. The van der Waals surface area contributed by atoms with Gasteiger partial charge in [0.15, 0.2) is 5.78 Å². The quantitative estimate of drug-likeness (QED) is 0.182. The number of esters is 1. The summed E-state index contributed by atoms with van der Waals surface area (Å²) in [7, 11) is 0. The van der Waals surface area contributed by atoms with E-state index in [2.05, 4.69) is 4.98 Å². The fourth-order valence-corrected chi connectivity index (χ4v) is 4.27. The molecule has 0 spiro atoms. The number of rotatable bonds is 8. The van der Waals surface area contributed by atoms with Gasteiger partial charge in [-0.05, 0) is 49.4 Å². The number of hydrogen-bond donors (Lipinski definition) is 0. The van der Waals surface area contributed by atoms with E-state index in [9.17, 15) is 9.59 Å². The Balaban J connectivity index is 1.75. The molecule has 6 heteroatoms. The molecule has 0 unspecified atom stereocenters. The van der Waals surface area contributed by atoms with Gasteiger partial charge in [0.25, 0.3) is 0 Å². The lowest BCUT2D eigenvalue weighted by Crippen LogP contribution is -2.31. The van der Waals surface area contributed by atoms with E-state index < -0.39 is 11.6 Å². The number of benzene rings is 2. The Morgan fingerprint density at radius 2 is 1.83 bits per heavy atom. The highest BCUT2D eigenvalue weighted by Crippen LogP contribution is 2.28. The van der Waals surface area contributed by atoms with Crippen molar-refractivity contribution in [1.82, 2.24) is 4.98 Å². The van der Waals surface area contributed by atoms with Crippen molar-refractivity contribution in [1.29, 1.82) is 0 Å². The largest absolute Gasteiger partial charge is 0.459 e. The third-order valence-corrected chi connectivity index (χ3v) is 5.62. The second-order valence-corrected chi connectivity index (χ2v) is 9.34. The SMILES string of the molecule is CCSc1cc2cc(Cl)ccc2nc1C(=O)CC(=O)OC(C)(C)Cc1ccccc1. The topological polar surface area (TPSA) is 56.3 Å². The van der Waals surface area contributed by atoms with Crippen molar-refractivity contribution < 1.29 is 14.3 Å². The number of halogens is 1. The maximum atomic E-state index is 12.9. The lowest BCUT2D eigenvalue weighted by atomic mass is 9.98. The summed E-state index contributed by atoms with van der Waals surface area (Å²) in [6, 6.07) is 17.0. The van der Waals surface area contributed by atoms with Gasteiger partial charge in [-0.2, -0.15) is 0 Å². The monoisotopic (exact) mass is 441 g/mol. The van der Waals surface area contributed by atoms with Crippen LogP contribution in [0.5, 0.6) is 0 Å². The van der Waals surface area contributed by atoms with Crippen molar-refractivity contribution in [3.8, 4) is 0 Å². The van der Waals surface area contributed by atoms with E-state index in [1.165, 1.54) is 11.8 Å². The molecule has 3 aromatic rings. The molecule has 0 fully saturated rings. The standard InChI is InChI=1S/C24H24ClNO3S/c1-4-30-21-13-17-12-18(25)10-11-19(17)26-23(21)20(27)14-22(28)29-24(2,3)15-16-8-6-5-7-9-16/h5-13H,4,14-15H2,1-3H3. The van der Waals surface area contributed by atoms with Crippen molar-refractivity contribution in [3.63, 3.8) is 0 Å². The van der Waals surface area contributed by atoms with Gasteiger partial charge in [-0.15, -0.1) is 11.8 Å². The molecule has 0 amide bonds. The summed E-state index contributed by atoms with van der Waals surface area (Å²) < 4.78 is 5.63. The molecule has 1 heterocycles. The molecule has 0 saturated heterocycles. The molecule has 156 valence electrons. The van der Waals surface area contributed by atoms with Crippen LogP contribution >= 0.6 is 23.4 Å². The maximum absolute atomic E-state index is 12.9. The molecule has 2 aromatic carbocycles. The van der Waals surface area contributed by atoms with Gasteiger partial charge in [0, 0.05) is 21.7 Å². The van der Waals surface area contributed by atoms with Crippen LogP contribution in [0.1, 0.15) is 43.2 Å². The van der Waals surface area contributed by atoms with Crippen molar-refractivity contribution in [2.45, 2.75) is 44.1 Å². The Kier molecular flexibility index (Phi) is 7.16. The Bertz CT molecular complexity index is 1070. The third kappa shape index (κ3) is 5.83. The summed E-state index contributed by atoms with van der Waals surface area (Å²) in [6.07, 6.45) is 0.223. The maximum Gasteiger partial charge on any atom is 0.314 e. The zero-order chi connectivity index (χ0) is 21.7. The van der Waals surface area contributed by atoms with E-state index in [4.69, 9.17) is 16.3 Å². The van der Waals surface area contributed by atoms with Crippen LogP contribution in [0, 0.1) is 0 Å². The van der Waals surface area contributed by atoms with Gasteiger partial charge in [-0.1, -0.05) is 48.9 Å². The molecule has 30 heavy (non-hydrogen) atoms. The lowest BCUT2D eigenvalue weighted by Gasteiger charge is -2.25. The number of carbonyl (C=O) groups excluding carboxylic acids is 2. The molecule has 0 aliphatic heterocycles. The normalized spacial score (nSPS) is 11.5. The van der Waals surface area contributed by atoms with Crippen LogP contribution in [0.4, 0.5) is 0 Å². The molecule has 0 atom stereocenters. The van der Waals surface area contributed by atoms with Gasteiger partial charge in [0.1, 0.15) is 17.7 Å². The zero-order valence-electron chi connectivity index (χ0n) is 17.3. The fraction of sp³-hybridized carbons (Fsp3) is 0.292. The van der Waals surface area contributed by atoms with Crippen molar-refractivity contribution >= 4 is 46.0 Å². The Morgan fingerprint density at radius 3 is 2.53 bits per heavy atom. The van der Waals surface area contributed by atoms with E-state index in [0.717, 1.165) is 21.6 Å². The molecule has 0 bridgehead atoms. The van der Waals surface area contributed by atoms with Gasteiger partial charge >= 0.3 is 5.97 Å². The first kappa shape index (κ1) is 22.3. The highest BCUT2D eigenvalue weighted by atomic mass is 35.5. The molecule has 0 aliphatic rings. The number of ketones is 1. The van der Waals surface area contributed by atoms with Crippen LogP contribution in [0.15, 0.2) is 59.5 Å². The molecule has 3 rings (SSSR count). The molecule has 0 radical (unpaired) electrons. The minimum atomic E-state index is -0.715. The van der Waals surface area contributed by atoms with Crippen molar-refractivity contribution in [2.24, 2.45) is 0 Å². The van der Waals surface area contributed by atoms with Crippen LogP contribution < -0.4 is 0 Å². The summed E-state index contributed by atoms with van der Waals surface area (Å²) >= 11 is 7.59. The smallest absolute Gasteiger partial charge is 0.314 e. The number of Topliss-reactive ketones (excluding diaryl/α,β-unsaturated/α-hetero) is 1. The van der Waals surface area contributed by atoms with Crippen molar-refractivity contribution in [3.05, 3.63) is 70.9 Å². The van der Waals surface area contributed by atoms with Crippen LogP contribution in [0.2, 0.25) is 5.02 Å². The Morgan fingerprint density at radius 1 is 1.10 bits per heavy atom. The molecule has 1 aromatic heterocycles. The number of ether oxygens (including phenoxy) is 1. The number of hydrogen-bond acceptors (Lipinski definition) is 5. The Hall–Kier alpha value is -2.37. The predicted molar refractivity (Wildman–Crippen MR) is 122 cm³/mol. The average molecular weight is 442 g/mol. The van der Waals surface area contributed by atoms with Crippen molar-refractivity contribution in [2.75, 3.05) is 5.75 Å². The summed E-state index contributed by atoms with van der Waals surface area (Å²) in [5.41, 5.74) is 1.32. The molecule has 0 saturated carbocycles. The minimum absolute atomic E-state index is 0.300. The number of pyridine rings is 1. The first-order valence-electron chi connectivity index (χ1n) is 9.79. The lowest BCUT2D eigenvalue weighted by molar-refractivity contribution is -0.155. The van der Waals surface area contributed by atoms with Crippen LogP contribution in [0.3, 0.4) is 0 Å².